The number of halogens is 1. The average molecular weight is 489 g/mol. The summed E-state index contributed by atoms with van der Waals surface area (Å²) in [5, 5.41) is 20.4. The van der Waals surface area contributed by atoms with E-state index in [9.17, 15) is 5.11 Å². The lowest BCUT2D eigenvalue weighted by Gasteiger charge is -2.16. The summed E-state index contributed by atoms with van der Waals surface area (Å²) in [4.78, 5) is 8.50. The van der Waals surface area contributed by atoms with E-state index in [1.165, 1.54) is 0 Å². The van der Waals surface area contributed by atoms with E-state index in [-0.39, 0.29) is 30.1 Å². The highest BCUT2D eigenvalue weighted by Gasteiger charge is 2.10. The zero-order valence-electron chi connectivity index (χ0n) is 16.1. The fraction of sp³-hybridized carbons (Fsp3) is 0.500. The van der Waals surface area contributed by atoms with Crippen LogP contribution < -0.4 is 15.4 Å². The second-order valence-electron chi connectivity index (χ2n) is 6.06. The lowest BCUT2D eigenvalue weighted by atomic mass is 10.1. The van der Waals surface area contributed by atoms with Crippen LogP contribution in [0.3, 0.4) is 0 Å². The van der Waals surface area contributed by atoms with Crippen molar-refractivity contribution in [3.63, 3.8) is 0 Å². The summed E-state index contributed by atoms with van der Waals surface area (Å²) in [6.45, 7) is 8.98. The molecule has 1 aromatic heterocycles. The van der Waals surface area contributed by atoms with Crippen molar-refractivity contribution in [3.8, 4) is 5.75 Å². The van der Waals surface area contributed by atoms with E-state index in [1.807, 2.05) is 45.0 Å². The zero-order valence-corrected chi connectivity index (χ0v) is 18.4. The molecule has 1 atom stereocenters. The predicted octanol–water partition coefficient (Wildman–Crippen LogP) is 2.57. The molecule has 9 heteroatoms. The Morgan fingerprint density at radius 2 is 1.96 bits per heavy atom. The van der Waals surface area contributed by atoms with E-state index in [1.54, 1.807) is 6.92 Å². The van der Waals surface area contributed by atoms with E-state index in [2.05, 4.69) is 25.8 Å². The molecule has 0 radical (unpaired) electrons. The van der Waals surface area contributed by atoms with Crippen molar-refractivity contribution in [3.05, 3.63) is 41.5 Å². The van der Waals surface area contributed by atoms with Crippen molar-refractivity contribution in [2.75, 3.05) is 13.1 Å². The number of benzene rings is 1. The number of nitrogens with one attached hydrogen (secondary N) is 2. The summed E-state index contributed by atoms with van der Waals surface area (Å²) in [6.07, 6.45) is -0.548. The smallest absolute Gasteiger partial charge is 0.223 e. The standard InChI is InChI=1S/C18H27N5O3.HI/c1-5-19-18(21-11-17-22-13(4)26-23-17)20-10-16(24)14-6-8-15(9-7-14)25-12(2)3;/h6-9,12,16,24H,5,10-11H2,1-4H3,(H2,19,20,21);1H. The van der Waals surface area contributed by atoms with Crippen LogP contribution in [-0.2, 0) is 6.54 Å². The molecule has 8 nitrogen and oxygen atoms in total. The number of rotatable bonds is 8. The van der Waals surface area contributed by atoms with Crippen molar-refractivity contribution >= 4 is 29.9 Å². The Morgan fingerprint density at radius 3 is 2.52 bits per heavy atom. The monoisotopic (exact) mass is 489 g/mol. The van der Waals surface area contributed by atoms with Gasteiger partial charge in [0.25, 0.3) is 0 Å². The van der Waals surface area contributed by atoms with Gasteiger partial charge in [-0.25, -0.2) is 4.99 Å². The number of ether oxygens (including phenoxy) is 1. The maximum atomic E-state index is 10.4. The Bertz CT molecular complexity index is 703. The predicted molar refractivity (Wildman–Crippen MR) is 114 cm³/mol. The first-order chi connectivity index (χ1) is 12.5. The minimum Gasteiger partial charge on any atom is -0.491 e. The van der Waals surface area contributed by atoms with Gasteiger partial charge in [0.1, 0.15) is 12.3 Å². The summed E-state index contributed by atoms with van der Waals surface area (Å²) < 4.78 is 10.5. The van der Waals surface area contributed by atoms with Crippen LogP contribution in [0.25, 0.3) is 0 Å². The average Bonchev–Trinajstić information content (AvgIpc) is 3.02. The third-order valence-corrected chi connectivity index (χ3v) is 3.39. The highest BCUT2D eigenvalue weighted by molar-refractivity contribution is 14.0. The van der Waals surface area contributed by atoms with Gasteiger partial charge < -0.3 is 25.0 Å². The normalized spacial score (nSPS) is 12.4. The van der Waals surface area contributed by atoms with Gasteiger partial charge in [0.2, 0.25) is 5.89 Å². The van der Waals surface area contributed by atoms with Crippen LogP contribution >= 0.6 is 24.0 Å². The highest BCUT2D eigenvalue weighted by Crippen LogP contribution is 2.18. The molecule has 0 spiro atoms. The molecule has 1 unspecified atom stereocenters. The maximum Gasteiger partial charge on any atom is 0.223 e. The van der Waals surface area contributed by atoms with Gasteiger partial charge in [-0.1, -0.05) is 17.3 Å². The molecule has 0 fully saturated rings. The minimum atomic E-state index is -0.667. The van der Waals surface area contributed by atoms with E-state index in [0.29, 0.717) is 37.3 Å². The number of hydrogen-bond donors (Lipinski definition) is 3. The van der Waals surface area contributed by atoms with Gasteiger partial charge in [0.15, 0.2) is 11.8 Å². The van der Waals surface area contributed by atoms with E-state index in [4.69, 9.17) is 9.26 Å². The molecule has 2 aromatic rings. The fourth-order valence-electron chi connectivity index (χ4n) is 2.25. The topological polar surface area (TPSA) is 105 Å². The largest absolute Gasteiger partial charge is 0.491 e. The van der Waals surface area contributed by atoms with Gasteiger partial charge in [-0.2, -0.15) is 4.98 Å². The van der Waals surface area contributed by atoms with Crippen LogP contribution in [0.4, 0.5) is 0 Å². The van der Waals surface area contributed by atoms with Crippen LogP contribution in [0.5, 0.6) is 5.75 Å². The third-order valence-electron chi connectivity index (χ3n) is 3.39. The Labute approximate surface area is 176 Å². The molecule has 0 amide bonds. The SMILES string of the molecule is CCNC(=NCc1noc(C)n1)NCC(O)c1ccc(OC(C)C)cc1.I. The van der Waals surface area contributed by atoms with Crippen molar-refractivity contribution in [2.24, 2.45) is 4.99 Å². The summed E-state index contributed by atoms with van der Waals surface area (Å²) in [7, 11) is 0. The number of aliphatic imine (C=N–C) groups is 1. The molecule has 0 bridgehead atoms. The van der Waals surface area contributed by atoms with E-state index >= 15 is 0 Å². The molecule has 1 aromatic carbocycles. The van der Waals surface area contributed by atoms with Gasteiger partial charge in [-0.15, -0.1) is 24.0 Å². The Hall–Kier alpha value is -1.88. The zero-order chi connectivity index (χ0) is 18.9. The van der Waals surface area contributed by atoms with Gasteiger partial charge in [-0.3, -0.25) is 0 Å². The summed E-state index contributed by atoms with van der Waals surface area (Å²) in [5.41, 5.74) is 0.804. The number of aryl methyl sites for hydroxylation is 1. The molecule has 27 heavy (non-hydrogen) atoms. The highest BCUT2D eigenvalue weighted by atomic mass is 127. The number of aromatic nitrogens is 2. The van der Waals surface area contributed by atoms with Crippen molar-refractivity contribution in [2.45, 2.75) is 46.4 Å². The third kappa shape index (κ3) is 8.12. The summed E-state index contributed by atoms with van der Waals surface area (Å²) in [5.74, 6) is 2.39. The van der Waals surface area contributed by atoms with Crippen LogP contribution in [0.15, 0.2) is 33.8 Å². The number of aliphatic hydroxyl groups excluding tert-OH is 1. The first-order valence-electron chi connectivity index (χ1n) is 8.74. The quantitative estimate of drug-likeness (QED) is 0.298. The molecular formula is C18H28IN5O3. The number of hydrogen-bond acceptors (Lipinski definition) is 6. The van der Waals surface area contributed by atoms with Crippen LogP contribution in [0.1, 0.15) is 44.2 Å². The van der Waals surface area contributed by atoms with Gasteiger partial charge in [0, 0.05) is 20.0 Å². The lowest BCUT2D eigenvalue weighted by Crippen LogP contribution is -2.39. The van der Waals surface area contributed by atoms with Crippen molar-refractivity contribution in [1.29, 1.82) is 0 Å². The van der Waals surface area contributed by atoms with Gasteiger partial charge in [0.05, 0.1) is 12.2 Å². The Balaban J connectivity index is 0.00000364. The molecule has 1 heterocycles. The molecule has 150 valence electrons. The van der Waals surface area contributed by atoms with E-state index in [0.717, 1.165) is 11.3 Å². The van der Waals surface area contributed by atoms with Crippen molar-refractivity contribution in [1.82, 2.24) is 20.8 Å². The lowest BCUT2D eigenvalue weighted by molar-refractivity contribution is 0.180. The molecular weight excluding hydrogens is 461 g/mol. The number of guanidine groups is 1. The summed E-state index contributed by atoms with van der Waals surface area (Å²) in [6, 6.07) is 7.43. The molecule has 0 aliphatic carbocycles. The number of nitrogens with zero attached hydrogens (tertiary/aromatic N) is 3. The second-order valence-corrected chi connectivity index (χ2v) is 6.06. The molecule has 2 rings (SSSR count). The fourth-order valence-corrected chi connectivity index (χ4v) is 2.25. The molecule has 0 saturated carbocycles. The molecule has 0 aliphatic heterocycles. The van der Waals surface area contributed by atoms with E-state index < -0.39 is 6.10 Å². The number of aliphatic hydroxyl groups is 1. The van der Waals surface area contributed by atoms with Crippen molar-refractivity contribution < 1.29 is 14.4 Å². The summed E-state index contributed by atoms with van der Waals surface area (Å²) >= 11 is 0. The van der Waals surface area contributed by atoms with Crippen LogP contribution in [0, 0.1) is 6.92 Å². The first kappa shape index (κ1) is 23.2. The Kier molecular flexibility index (Phi) is 10.1. The van der Waals surface area contributed by atoms with Crippen LogP contribution in [0.2, 0.25) is 0 Å². The second kappa shape index (κ2) is 11.8. The molecule has 0 aliphatic rings. The minimum absolute atomic E-state index is 0. The molecule has 3 N–H and O–H groups in total. The van der Waals surface area contributed by atoms with Gasteiger partial charge in [-0.05, 0) is 38.5 Å². The molecule has 0 saturated heterocycles. The maximum absolute atomic E-state index is 10.4. The first-order valence-corrected chi connectivity index (χ1v) is 8.74. The van der Waals surface area contributed by atoms with Gasteiger partial charge >= 0.3 is 0 Å². The van der Waals surface area contributed by atoms with Crippen LogP contribution in [-0.4, -0.2) is 40.4 Å². The Morgan fingerprint density at radius 1 is 1.26 bits per heavy atom.